The van der Waals surface area contributed by atoms with Crippen LogP contribution in [0.1, 0.15) is 0 Å². The van der Waals surface area contributed by atoms with E-state index in [9.17, 15) is 9.59 Å². The Kier molecular flexibility index (Phi) is 6.44. The van der Waals surface area contributed by atoms with Crippen LogP contribution in [0.2, 0.25) is 0 Å². The molecule has 0 atom stereocenters. The van der Waals surface area contributed by atoms with Gasteiger partial charge in [-0.15, -0.1) is 0 Å². The molecular formula is C24H20N4O2S. The number of nitrogens with zero attached hydrogens (tertiary/aromatic N) is 2. The van der Waals surface area contributed by atoms with E-state index in [1.807, 2.05) is 77.5 Å². The summed E-state index contributed by atoms with van der Waals surface area (Å²) in [6.07, 6.45) is 1.95. The van der Waals surface area contributed by atoms with E-state index in [0.717, 1.165) is 16.9 Å². The molecule has 0 unspecified atom stereocenters. The van der Waals surface area contributed by atoms with Crippen LogP contribution in [0.15, 0.2) is 102 Å². The largest absolute Gasteiger partial charge is 0.325 e. The van der Waals surface area contributed by atoms with E-state index < -0.39 is 11.9 Å². The molecule has 154 valence electrons. The predicted octanol–water partition coefficient (Wildman–Crippen LogP) is 4.98. The maximum Gasteiger partial charge on any atom is 0.325 e. The van der Waals surface area contributed by atoms with Crippen molar-refractivity contribution in [2.45, 2.75) is 5.16 Å². The number of thioether (sulfide) groups is 1. The zero-order chi connectivity index (χ0) is 21.5. The highest BCUT2D eigenvalue weighted by Crippen LogP contribution is 2.27. The first kappa shape index (κ1) is 20.4. The van der Waals surface area contributed by atoms with Crippen molar-refractivity contribution in [3.05, 3.63) is 97.2 Å². The van der Waals surface area contributed by atoms with Crippen LogP contribution in [0, 0.1) is 0 Å². The Balaban J connectivity index is 1.46. The quantitative estimate of drug-likeness (QED) is 0.425. The Labute approximate surface area is 184 Å². The van der Waals surface area contributed by atoms with Crippen LogP contribution in [0.3, 0.4) is 0 Å². The molecule has 0 bridgehead atoms. The molecular weight excluding hydrogens is 408 g/mol. The lowest BCUT2D eigenvalue weighted by Gasteiger charge is -2.08. The van der Waals surface area contributed by atoms with Crippen molar-refractivity contribution in [1.82, 2.24) is 14.9 Å². The summed E-state index contributed by atoms with van der Waals surface area (Å²) in [6, 6.07) is 28.1. The maximum absolute atomic E-state index is 12.3. The normalized spacial score (nSPS) is 10.5. The van der Waals surface area contributed by atoms with E-state index in [-0.39, 0.29) is 5.75 Å². The molecule has 1 aromatic heterocycles. The van der Waals surface area contributed by atoms with Gasteiger partial charge in [-0.3, -0.25) is 14.7 Å². The third-order valence-corrected chi connectivity index (χ3v) is 5.35. The van der Waals surface area contributed by atoms with Gasteiger partial charge in [-0.25, -0.2) is 9.78 Å². The van der Waals surface area contributed by atoms with Gasteiger partial charge >= 0.3 is 6.03 Å². The van der Waals surface area contributed by atoms with Crippen molar-refractivity contribution in [2.24, 2.45) is 0 Å². The van der Waals surface area contributed by atoms with Crippen molar-refractivity contribution in [3.63, 3.8) is 0 Å². The summed E-state index contributed by atoms with van der Waals surface area (Å²) in [7, 11) is 0. The molecule has 3 aromatic carbocycles. The van der Waals surface area contributed by atoms with Gasteiger partial charge in [0.05, 0.1) is 11.4 Å². The number of benzene rings is 3. The fraction of sp³-hybridized carbons (Fsp3) is 0.0417. The minimum atomic E-state index is -0.562. The van der Waals surface area contributed by atoms with Crippen molar-refractivity contribution in [3.8, 4) is 16.9 Å². The Bertz CT molecular complexity index is 1160. The summed E-state index contributed by atoms with van der Waals surface area (Å²) < 4.78 is 1.95. The van der Waals surface area contributed by atoms with Gasteiger partial charge in [0, 0.05) is 23.1 Å². The lowest BCUT2D eigenvalue weighted by atomic mass is 10.2. The average Bonchev–Trinajstić information content (AvgIpc) is 3.24. The summed E-state index contributed by atoms with van der Waals surface area (Å²) in [4.78, 5) is 29.1. The van der Waals surface area contributed by atoms with Gasteiger partial charge in [0.15, 0.2) is 5.16 Å². The fourth-order valence-electron chi connectivity index (χ4n) is 2.96. The van der Waals surface area contributed by atoms with Crippen LogP contribution in [-0.2, 0) is 4.79 Å². The fourth-order valence-corrected chi connectivity index (χ4v) is 3.76. The van der Waals surface area contributed by atoms with Gasteiger partial charge in [-0.2, -0.15) is 0 Å². The predicted molar refractivity (Wildman–Crippen MR) is 123 cm³/mol. The van der Waals surface area contributed by atoms with Crippen LogP contribution in [-0.4, -0.2) is 27.2 Å². The summed E-state index contributed by atoms with van der Waals surface area (Å²) in [6.45, 7) is 0. The van der Waals surface area contributed by atoms with Crippen molar-refractivity contribution in [2.75, 3.05) is 11.1 Å². The lowest BCUT2D eigenvalue weighted by Crippen LogP contribution is -2.35. The molecule has 31 heavy (non-hydrogen) atoms. The molecule has 0 saturated heterocycles. The van der Waals surface area contributed by atoms with Gasteiger partial charge in [-0.05, 0) is 24.3 Å². The van der Waals surface area contributed by atoms with E-state index >= 15 is 0 Å². The van der Waals surface area contributed by atoms with E-state index in [1.54, 1.807) is 24.3 Å². The molecule has 0 aliphatic heterocycles. The molecule has 6 nitrogen and oxygen atoms in total. The second-order valence-corrected chi connectivity index (χ2v) is 7.58. The van der Waals surface area contributed by atoms with Crippen LogP contribution in [0.25, 0.3) is 16.9 Å². The monoisotopic (exact) mass is 428 g/mol. The Morgan fingerprint density at radius 2 is 1.45 bits per heavy atom. The zero-order valence-electron chi connectivity index (χ0n) is 16.6. The molecule has 4 aromatic rings. The van der Waals surface area contributed by atoms with Crippen molar-refractivity contribution < 1.29 is 9.59 Å². The topological polar surface area (TPSA) is 76.0 Å². The van der Waals surface area contributed by atoms with Crippen LogP contribution in [0.5, 0.6) is 0 Å². The van der Waals surface area contributed by atoms with Crippen molar-refractivity contribution >= 4 is 29.4 Å². The number of nitrogens with one attached hydrogen (secondary N) is 2. The molecule has 0 radical (unpaired) electrons. The number of carbonyl (C=O) groups excluding carboxylic acids is 2. The Morgan fingerprint density at radius 3 is 2.13 bits per heavy atom. The van der Waals surface area contributed by atoms with Crippen LogP contribution < -0.4 is 10.6 Å². The number of amides is 3. The molecule has 0 saturated carbocycles. The highest BCUT2D eigenvalue weighted by molar-refractivity contribution is 7.99. The van der Waals surface area contributed by atoms with Gasteiger partial charge in [-0.1, -0.05) is 78.5 Å². The summed E-state index contributed by atoms with van der Waals surface area (Å²) in [5.41, 5.74) is 3.37. The summed E-state index contributed by atoms with van der Waals surface area (Å²) in [5, 5.41) is 5.65. The number of aromatic nitrogens is 2. The number of imide groups is 1. The van der Waals surface area contributed by atoms with Gasteiger partial charge in [0.25, 0.3) is 0 Å². The zero-order valence-corrected chi connectivity index (χ0v) is 17.4. The lowest BCUT2D eigenvalue weighted by molar-refractivity contribution is -0.117. The SMILES string of the molecule is O=C(CSc1nc(-c2ccccc2)cn1-c1ccccc1)NC(=O)Nc1ccccc1. The average molecular weight is 429 g/mol. The molecule has 0 aliphatic rings. The number of carbonyl (C=O) groups is 2. The van der Waals surface area contributed by atoms with Crippen molar-refractivity contribution in [1.29, 1.82) is 0 Å². The van der Waals surface area contributed by atoms with Gasteiger partial charge < -0.3 is 5.32 Å². The van der Waals surface area contributed by atoms with E-state index in [1.165, 1.54) is 11.8 Å². The molecule has 0 aliphatic carbocycles. The third-order valence-electron chi connectivity index (χ3n) is 4.39. The smallest absolute Gasteiger partial charge is 0.308 e. The molecule has 4 rings (SSSR count). The van der Waals surface area contributed by atoms with Gasteiger partial charge in [0.2, 0.25) is 5.91 Å². The highest BCUT2D eigenvalue weighted by Gasteiger charge is 2.15. The highest BCUT2D eigenvalue weighted by atomic mass is 32.2. The number of para-hydroxylation sites is 2. The number of hydrogen-bond acceptors (Lipinski definition) is 4. The molecule has 7 heteroatoms. The Morgan fingerprint density at radius 1 is 0.839 bits per heavy atom. The number of anilines is 1. The summed E-state index contributed by atoms with van der Waals surface area (Å²) in [5.74, 6) is -0.345. The molecule has 0 fully saturated rings. The van der Waals surface area contributed by atoms with E-state index in [4.69, 9.17) is 4.98 Å². The first-order chi connectivity index (χ1) is 15.2. The maximum atomic E-state index is 12.3. The molecule has 2 N–H and O–H groups in total. The van der Waals surface area contributed by atoms with E-state index in [0.29, 0.717) is 10.8 Å². The van der Waals surface area contributed by atoms with Gasteiger partial charge in [0.1, 0.15) is 0 Å². The number of urea groups is 1. The minimum absolute atomic E-state index is 0.0558. The first-order valence-electron chi connectivity index (χ1n) is 9.68. The standard InChI is InChI=1S/C24H20N4O2S/c29-22(27-23(30)25-19-12-6-2-7-13-19)17-31-24-26-21(18-10-4-1-5-11-18)16-28(24)20-14-8-3-9-15-20/h1-16H,17H2,(H2,25,27,29,30). The Hall–Kier alpha value is -3.84. The second kappa shape index (κ2) is 9.77. The minimum Gasteiger partial charge on any atom is -0.308 e. The van der Waals surface area contributed by atoms with Crippen LogP contribution in [0.4, 0.5) is 10.5 Å². The number of hydrogen-bond donors (Lipinski definition) is 2. The number of rotatable bonds is 6. The second-order valence-electron chi connectivity index (χ2n) is 6.64. The molecule has 0 spiro atoms. The molecule has 1 heterocycles. The first-order valence-corrected chi connectivity index (χ1v) is 10.7. The summed E-state index contributed by atoms with van der Waals surface area (Å²) >= 11 is 1.27. The number of imidazole rings is 1. The molecule has 3 amide bonds. The third kappa shape index (κ3) is 5.40. The van der Waals surface area contributed by atoms with E-state index in [2.05, 4.69) is 10.6 Å². The van der Waals surface area contributed by atoms with Crippen LogP contribution >= 0.6 is 11.8 Å².